The lowest BCUT2D eigenvalue weighted by molar-refractivity contribution is 0.379. The fourth-order valence-electron chi connectivity index (χ4n) is 2.59. The Morgan fingerprint density at radius 2 is 0.595 bits per heavy atom. The zero-order valence-corrected chi connectivity index (χ0v) is 29.6. The smallest absolute Gasteiger partial charge is 0.270 e. The van der Waals surface area contributed by atoms with Crippen molar-refractivity contribution in [2.45, 2.75) is 36.4 Å². The number of thiophene rings is 2. The Bertz CT molecular complexity index is 1860. The van der Waals surface area contributed by atoms with E-state index in [9.17, 15) is 50.5 Å². The minimum Gasteiger partial charge on any atom is -0.270 e. The van der Waals surface area contributed by atoms with Crippen LogP contribution in [0.1, 0.15) is 0 Å². The summed E-state index contributed by atoms with van der Waals surface area (Å²) in [6, 6.07) is 0. The van der Waals surface area contributed by atoms with Gasteiger partial charge in [-0.1, -0.05) is 0 Å². The van der Waals surface area contributed by atoms with E-state index in [0.29, 0.717) is 42.7 Å². The summed E-state index contributed by atoms with van der Waals surface area (Å²) in [7, 11) is -26.2. The quantitative estimate of drug-likeness (QED) is 0.177. The second-order valence-corrected chi connectivity index (χ2v) is 21.7. The van der Waals surface area contributed by atoms with Gasteiger partial charge in [0.25, 0.3) is 40.5 Å². The van der Waals surface area contributed by atoms with Crippen molar-refractivity contribution in [1.29, 1.82) is 0 Å². The highest BCUT2D eigenvalue weighted by molar-refractivity contribution is 8.77. The molecule has 0 saturated heterocycles. The Balaban J connectivity index is 3.07. The van der Waals surface area contributed by atoms with E-state index in [0.717, 1.165) is 0 Å². The fourth-order valence-corrected chi connectivity index (χ4v) is 18.8. The van der Waals surface area contributed by atoms with Crippen LogP contribution in [0.3, 0.4) is 0 Å². The highest BCUT2D eigenvalue weighted by Crippen LogP contribution is 2.54. The molecular weight excluding hydrogens is 777 g/mol. The topological polar surface area (TPSA) is 260 Å². The van der Waals surface area contributed by atoms with Crippen LogP contribution in [0, 0.1) is 0 Å². The van der Waals surface area contributed by atoms with Gasteiger partial charge >= 0.3 is 20.2 Å². The first-order valence-corrected chi connectivity index (χ1v) is 21.8. The van der Waals surface area contributed by atoms with E-state index in [-0.39, 0.29) is 44.3 Å². The standard InChI is InChI=1S/C14H18O18S10/c1-27-37(15,16)7-9(39(19,20)29-3)13(41(23,24)31-5)33-11(7)35-36-12-8(38(17,18)28-2)10(40(21,22)30-4)14(34-12)42(25,26)32-6/h1-6H3. The summed E-state index contributed by atoms with van der Waals surface area (Å²) in [5.74, 6) is 0. The van der Waals surface area contributed by atoms with Crippen molar-refractivity contribution in [2.24, 2.45) is 0 Å². The number of rotatable bonds is 15. The molecule has 0 aliphatic rings. The lowest BCUT2D eigenvalue weighted by atomic mass is 10.6. The van der Waals surface area contributed by atoms with Crippen LogP contribution < -0.4 is 0 Å². The summed E-state index contributed by atoms with van der Waals surface area (Å²) in [5, 5.41) is 0. The molecule has 0 aliphatic carbocycles. The zero-order valence-electron chi connectivity index (χ0n) is 21.4. The molecule has 0 bridgehead atoms. The third-order valence-corrected chi connectivity index (χ3v) is 20.3. The number of hydrogen-bond donors (Lipinski definition) is 0. The summed E-state index contributed by atoms with van der Waals surface area (Å²) < 4.78 is 175. The molecule has 2 rings (SSSR count). The molecule has 0 atom stereocenters. The largest absolute Gasteiger partial charge is 0.307 e. The first-order valence-electron chi connectivity index (χ1n) is 9.57. The van der Waals surface area contributed by atoms with Crippen molar-refractivity contribution in [1.82, 2.24) is 0 Å². The maximum absolute atomic E-state index is 12.8. The van der Waals surface area contributed by atoms with Crippen LogP contribution in [-0.4, -0.2) is 93.2 Å². The van der Waals surface area contributed by atoms with Crippen LogP contribution in [0.15, 0.2) is 36.4 Å². The summed E-state index contributed by atoms with van der Waals surface area (Å²) in [6.45, 7) is 0. The number of hydrogen-bond acceptors (Lipinski definition) is 22. The van der Waals surface area contributed by atoms with Gasteiger partial charge < -0.3 is 0 Å². The van der Waals surface area contributed by atoms with Crippen LogP contribution in [-0.2, 0) is 85.8 Å². The van der Waals surface area contributed by atoms with Crippen molar-refractivity contribution in [3.63, 3.8) is 0 Å². The first-order chi connectivity index (χ1) is 19.0. The van der Waals surface area contributed by atoms with Crippen LogP contribution in [0.2, 0.25) is 0 Å². The van der Waals surface area contributed by atoms with Gasteiger partial charge in [-0.2, -0.15) is 50.5 Å². The van der Waals surface area contributed by atoms with E-state index in [2.05, 4.69) is 25.1 Å². The van der Waals surface area contributed by atoms with E-state index in [1.165, 1.54) is 0 Å². The Morgan fingerprint density at radius 1 is 0.381 bits per heavy atom. The van der Waals surface area contributed by atoms with Gasteiger partial charge in [0.05, 0.1) is 51.1 Å². The van der Waals surface area contributed by atoms with Crippen molar-refractivity contribution >= 4 is 105 Å². The molecule has 0 radical (unpaired) electrons. The van der Waals surface area contributed by atoms with Gasteiger partial charge in [-0.15, -0.1) is 22.7 Å². The monoisotopic (exact) mass is 794 g/mol. The van der Waals surface area contributed by atoms with Crippen LogP contribution in [0.5, 0.6) is 0 Å². The molecule has 2 aromatic rings. The Morgan fingerprint density at radius 3 is 0.810 bits per heavy atom. The van der Waals surface area contributed by atoms with Gasteiger partial charge in [-0.25, -0.2) is 0 Å². The molecular formula is C14H18O18S10. The molecule has 0 aromatic carbocycles. The van der Waals surface area contributed by atoms with E-state index in [1.807, 2.05) is 0 Å². The van der Waals surface area contributed by atoms with Crippen molar-refractivity contribution in [3.05, 3.63) is 0 Å². The lowest BCUT2D eigenvalue weighted by Gasteiger charge is -2.09. The van der Waals surface area contributed by atoms with Gasteiger partial charge in [0.2, 0.25) is 0 Å². The molecule has 0 unspecified atom stereocenters. The molecule has 0 saturated carbocycles. The summed E-state index contributed by atoms with van der Waals surface area (Å²) >= 11 is 0.0410. The average molecular weight is 795 g/mol. The predicted molar refractivity (Wildman–Crippen MR) is 146 cm³/mol. The lowest BCUT2D eigenvalue weighted by Crippen LogP contribution is -2.14. The van der Waals surface area contributed by atoms with Crippen molar-refractivity contribution < 1.29 is 75.6 Å². The molecule has 18 nitrogen and oxygen atoms in total. The molecule has 42 heavy (non-hydrogen) atoms. The second kappa shape index (κ2) is 13.1. The normalized spacial score (nSPS) is 14.0. The summed E-state index contributed by atoms with van der Waals surface area (Å²) in [4.78, 5) is -5.31. The highest BCUT2D eigenvalue weighted by atomic mass is 33.1. The first kappa shape index (κ1) is 37.7. The maximum atomic E-state index is 12.8. The Hall–Kier alpha value is -0.440. The Kier molecular flexibility index (Phi) is 11.8. The van der Waals surface area contributed by atoms with Gasteiger partial charge in [-0.05, 0) is 21.6 Å². The zero-order chi connectivity index (χ0) is 32.7. The molecule has 0 fully saturated rings. The van der Waals surface area contributed by atoms with Gasteiger partial charge in [0, 0.05) is 0 Å². The van der Waals surface area contributed by atoms with Crippen molar-refractivity contribution in [2.75, 3.05) is 42.7 Å². The van der Waals surface area contributed by atoms with Crippen LogP contribution in [0.4, 0.5) is 0 Å². The minimum atomic E-state index is -5.13. The molecule has 0 spiro atoms. The molecule has 2 heterocycles. The second-order valence-electron chi connectivity index (χ2n) is 6.56. The minimum absolute atomic E-state index is 0.0205. The average Bonchev–Trinajstić information content (AvgIpc) is 3.54. The van der Waals surface area contributed by atoms with E-state index in [1.54, 1.807) is 0 Å². The molecule has 0 amide bonds. The van der Waals surface area contributed by atoms with E-state index in [4.69, 9.17) is 0 Å². The predicted octanol–water partition coefficient (Wildman–Crippen LogP) is 0.620. The van der Waals surface area contributed by atoms with Gasteiger partial charge in [-0.3, -0.25) is 25.1 Å². The maximum Gasteiger partial charge on any atom is 0.307 e. The van der Waals surface area contributed by atoms with Crippen LogP contribution in [0.25, 0.3) is 0 Å². The van der Waals surface area contributed by atoms with Crippen molar-refractivity contribution in [3.8, 4) is 0 Å². The third-order valence-electron chi connectivity index (χ3n) is 4.49. The van der Waals surface area contributed by atoms with Gasteiger partial charge in [0.1, 0.15) is 19.6 Å². The fraction of sp³-hybridized carbons (Fsp3) is 0.429. The molecule has 242 valence electrons. The van der Waals surface area contributed by atoms with E-state index >= 15 is 0 Å². The summed E-state index contributed by atoms with van der Waals surface area (Å²) in [5.41, 5.74) is 0. The molecule has 2 aromatic heterocycles. The third kappa shape index (κ3) is 7.17. The molecule has 28 heteroatoms. The highest BCUT2D eigenvalue weighted by Gasteiger charge is 2.43. The molecule has 0 N–H and O–H groups in total. The summed E-state index contributed by atoms with van der Waals surface area (Å²) in [6.07, 6.45) is 0. The Labute approximate surface area is 257 Å². The van der Waals surface area contributed by atoms with Crippen LogP contribution >= 0.6 is 44.3 Å². The van der Waals surface area contributed by atoms with Gasteiger partial charge in [0.15, 0.2) is 8.42 Å². The SMILES string of the molecule is COS(=O)(=O)c1sc(SSc2sc(S(=O)(=O)OC)c(S(=O)(=O)OC)c2S(=O)(=O)OC)c(S(=O)(=O)OC)c1S(=O)(=O)OC. The molecule has 0 aliphatic heterocycles. The van der Waals surface area contributed by atoms with E-state index < -0.39 is 97.1 Å².